The van der Waals surface area contributed by atoms with Crippen molar-refractivity contribution in [2.45, 2.75) is 52.9 Å². The molecule has 2 heterocycles. The van der Waals surface area contributed by atoms with Crippen molar-refractivity contribution < 1.29 is 24.2 Å². The number of carboxylic acid groups (broad SMARTS) is 1. The minimum Gasteiger partial charge on any atom is -0.497 e. The van der Waals surface area contributed by atoms with Crippen LogP contribution in [0.3, 0.4) is 0 Å². The maximum atomic E-state index is 13.0. The molecule has 1 fully saturated rings. The molecular weight excluding hydrogens is 576 g/mol. The van der Waals surface area contributed by atoms with Crippen molar-refractivity contribution in [3.05, 3.63) is 99.7 Å². The monoisotopic (exact) mass is 616 g/mol. The fraction of sp³-hybridized carbons (Fsp3) is 0.361. The van der Waals surface area contributed by atoms with Gasteiger partial charge >= 0.3 is 5.97 Å². The summed E-state index contributed by atoms with van der Waals surface area (Å²) in [7, 11) is 1.54. The van der Waals surface area contributed by atoms with Gasteiger partial charge in [-0.3, -0.25) is 19.0 Å². The Hall–Kier alpha value is -3.94. The molecule has 4 aromatic rings. The summed E-state index contributed by atoms with van der Waals surface area (Å²) in [5.41, 5.74) is 4.48. The van der Waals surface area contributed by atoms with Gasteiger partial charge in [-0.15, -0.1) is 0 Å². The summed E-state index contributed by atoms with van der Waals surface area (Å²) in [6.07, 6.45) is 4.77. The van der Waals surface area contributed by atoms with E-state index in [1.165, 1.54) is 29.4 Å². The minimum atomic E-state index is -0.955. The van der Waals surface area contributed by atoms with E-state index in [9.17, 15) is 19.5 Å². The molecule has 5 rings (SSSR count). The van der Waals surface area contributed by atoms with E-state index in [0.29, 0.717) is 38.5 Å². The molecule has 8 heteroatoms. The number of halogens is 1. The van der Waals surface area contributed by atoms with Gasteiger partial charge in [-0.05, 0) is 92.9 Å². The number of aliphatic carboxylic acids is 1. The molecule has 1 aromatic heterocycles. The number of carbonyl (C=O) groups is 3. The highest BCUT2D eigenvalue weighted by Crippen LogP contribution is 2.31. The van der Waals surface area contributed by atoms with Gasteiger partial charge in [-0.1, -0.05) is 56.1 Å². The highest BCUT2D eigenvalue weighted by Gasteiger charge is 2.22. The SMILES string of the molecule is CCc1ccc(C(=O)C(C)CN2CCCCC2)cc1.COc1ccc2c(c1)c(CC(=O)O)c(C)n2C(=O)c1ccc(Cl)cc1. The van der Waals surface area contributed by atoms with Crippen molar-refractivity contribution in [3.63, 3.8) is 0 Å². The molecule has 0 amide bonds. The lowest BCUT2D eigenvalue weighted by atomic mass is 9.97. The third-order valence-electron chi connectivity index (χ3n) is 8.24. The number of Topliss-reactive ketones (excluding diaryl/α,β-unsaturated/α-hetero) is 1. The Morgan fingerprint density at radius 1 is 0.932 bits per heavy atom. The maximum Gasteiger partial charge on any atom is 0.307 e. The van der Waals surface area contributed by atoms with Gasteiger partial charge in [0.25, 0.3) is 5.91 Å². The van der Waals surface area contributed by atoms with E-state index >= 15 is 0 Å². The van der Waals surface area contributed by atoms with Crippen LogP contribution < -0.4 is 4.74 Å². The molecule has 3 aromatic carbocycles. The Morgan fingerprint density at radius 3 is 2.16 bits per heavy atom. The zero-order valence-electron chi connectivity index (χ0n) is 25.9. The summed E-state index contributed by atoms with van der Waals surface area (Å²) in [6, 6.07) is 20.0. The van der Waals surface area contributed by atoms with Gasteiger partial charge in [0.2, 0.25) is 0 Å². The van der Waals surface area contributed by atoms with Gasteiger partial charge in [0.1, 0.15) is 5.75 Å². The molecule has 0 radical (unpaired) electrons. The highest BCUT2D eigenvalue weighted by atomic mass is 35.5. The number of likely N-dealkylation sites (tertiary alicyclic amines) is 1. The lowest BCUT2D eigenvalue weighted by molar-refractivity contribution is -0.136. The number of benzene rings is 3. The van der Waals surface area contributed by atoms with Gasteiger partial charge in [-0.25, -0.2) is 0 Å². The summed E-state index contributed by atoms with van der Waals surface area (Å²) in [5.74, 6) is -0.195. The topological polar surface area (TPSA) is 88.8 Å². The van der Waals surface area contributed by atoms with Crippen LogP contribution in [0.1, 0.15) is 70.6 Å². The molecular formula is C36H41ClN2O5. The Kier molecular flexibility index (Phi) is 11.4. The van der Waals surface area contributed by atoms with Crippen LogP contribution in [0.25, 0.3) is 10.9 Å². The largest absolute Gasteiger partial charge is 0.497 e. The number of ether oxygens (including phenoxy) is 1. The van der Waals surface area contributed by atoms with Crippen molar-refractivity contribution in [3.8, 4) is 5.75 Å². The van der Waals surface area contributed by atoms with Gasteiger partial charge in [0.05, 0.1) is 19.0 Å². The van der Waals surface area contributed by atoms with E-state index in [0.717, 1.165) is 31.6 Å². The first-order valence-electron chi connectivity index (χ1n) is 15.2. The van der Waals surface area contributed by atoms with Gasteiger partial charge < -0.3 is 14.7 Å². The zero-order valence-corrected chi connectivity index (χ0v) is 26.7. The second-order valence-electron chi connectivity index (χ2n) is 11.3. The van der Waals surface area contributed by atoms with Gasteiger partial charge in [0, 0.05) is 39.7 Å². The summed E-state index contributed by atoms with van der Waals surface area (Å²) in [6.45, 7) is 9.17. The first kappa shape index (κ1) is 33.0. The number of nitrogens with zero attached hydrogens (tertiary/aromatic N) is 2. The Labute approximate surface area is 264 Å². The minimum absolute atomic E-state index is 0.102. The number of hydrogen-bond donors (Lipinski definition) is 1. The molecule has 1 saturated heterocycles. The molecule has 0 saturated carbocycles. The first-order valence-corrected chi connectivity index (χ1v) is 15.6. The van der Waals surface area contributed by atoms with E-state index in [-0.39, 0.29) is 24.0 Å². The number of aryl methyl sites for hydroxylation is 1. The molecule has 44 heavy (non-hydrogen) atoms. The predicted molar refractivity (Wildman–Crippen MR) is 175 cm³/mol. The molecule has 1 unspecified atom stereocenters. The standard InChI is InChI=1S/C19H16ClNO4.C17H25NO/c1-11-15(10-18(22)23)16-9-14(25-2)7-8-17(16)21(11)19(24)12-3-5-13(20)6-4-12;1-3-15-7-9-16(10-8-15)17(19)14(2)13-18-11-5-4-6-12-18/h3-9H,10H2,1-2H3,(H,22,23);7-10,14H,3-6,11-13H2,1-2H3. The van der Waals surface area contributed by atoms with Crippen LogP contribution in [0.2, 0.25) is 5.02 Å². The Balaban J connectivity index is 0.000000209. The summed E-state index contributed by atoms with van der Waals surface area (Å²) in [4.78, 5) is 39.1. The molecule has 7 nitrogen and oxygen atoms in total. The first-order chi connectivity index (χ1) is 21.1. The van der Waals surface area contributed by atoms with Gasteiger partial charge in [-0.2, -0.15) is 0 Å². The Bertz CT molecular complexity index is 1600. The second kappa shape index (κ2) is 15.2. The summed E-state index contributed by atoms with van der Waals surface area (Å²) in [5, 5.41) is 10.5. The van der Waals surface area contributed by atoms with Gasteiger partial charge in [0.15, 0.2) is 5.78 Å². The third-order valence-corrected chi connectivity index (χ3v) is 8.49. The van der Waals surface area contributed by atoms with E-state index in [2.05, 4.69) is 30.9 Å². The van der Waals surface area contributed by atoms with E-state index in [1.54, 1.807) is 56.5 Å². The maximum absolute atomic E-state index is 13.0. The van der Waals surface area contributed by atoms with Crippen LogP contribution in [0, 0.1) is 12.8 Å². The number of methoxy groups -OCH3 is 1. The van der Waals surface area contributed by atoms with Crippen LogP contribution in [0.5, 0.6) is 5.75 Å². The molecule has 1 atom stereocenters. The number of rotatable bonds is 9. The normalized spacial score (nSPS) is 14.0. The quantitative estimate of drug-likeness (QED) is 0.196. The van der Waals surface area contributed by atoms with Crippen molar-refractivity contribution in [1.82, 2.24) is 9.47 Å². The average molecular weight is 617 g/mol. The zero-order chi connectivity index (χ0) is 31.8. The van der Waals surface area contributed by atoms with Crippen molar-refractivity contribution in [2.75, 3.05) is 26.7 Å². The number of carbonyl (C=O) groups excluding carboxylic acids is 2. The van der Waals surface area contributed by atoms with Crippen LogP contribution in [0.15, 0.2) is 66.7 Å². The number of carboxylic acids is 1. The molecule has 232 valence electrons. The molecule has 0 bridgehead atoms. The van der Waals surface area contributed by atoms with E-state index in [1.807, 2.05) is 12.1 Å². The predicted octanol–water partition coefficient (Wildman–Crippen LogP) is 7.48. The fourth-order valence-electron chi connectivity index (χ4n) is 5.75. The van der Waals surface area contributed by atoms with E-state index in [4.69, 9.17) is 16.3 Å². The molecule has 1 aliphatic rings. The van der Waals surface area contributed by atoms with Crippen LogP contribution in [-0.4, -0.2) is 59.0 Å². The number of piperidine rings is 1. The van der Waals surface area contributed by atoms with Crippen molar-refractivity contribution >= 4 is 40.2 Å². The van der Waals surface area contributed by atoms with Crippen molar-refractivity contribution in [2.24, 2.45) is 5.92 Å². The highest BCUT2D eigenvalue weighted by molar-refractivity contribution is 6.30. The van der Waals surface area contributed by atoms with Crippen molar-refractivity contribution in [1.29, 1.82) is 0 Å². The third kappa shape index (κ3) is 7.96. The Morgan fingerprint density at radius 2 is 1.57 bits per heavy atom. The molecule has 0 spiro atoms. The molecule has 0 aliphatic carbocycles. The number of ketones is 1. The average Bonchev–Trinajstić information content (AvgIpc) is 3.30. The molecule has 1 N–H and O–H groups in total. The van der Waals surface area contributed by atoms with Crippen LogP contribution >= 0.6 is 11.6 Å². The lowest BCUT2D eigenvalue weighted by Gasteiger charge is -2.28. The van der Waals surface area contributed by atoms with E-state index < -0.39 is 5.97 Å². The number of fused-ring (bicyclic) bond motifs is 1. The number of hydrogen-bond acceptors (Lipinski definition) is 5. The van der Waals surface area contributed by atoms with Crippen LogP contribution in [0.4, 0.5) is 0 Å². The fourth-order valence-corrected chi connectivity index (χ4v) is 5.87. The second-order valence-corrected chi connectivity index (χ2v) is 11.8. The lowest BCUT2D eigenvalue weighted by Crippen LogP contribution is -2.35. The molecule has 1 aliphatic heterocycles. The summed E-state index contributed by atoms with van der Waals surface area (Å²) < 4.78 is 6.77. The smallest absolute Gasteiger partial charge is 0.307 e. The van der Waals surface area contributed by atoms with Crippen LogP contribution in [-0.2, 0) is 17.6 Å². The summed E-state index contributed by atoms with van der Waals surface area (Å²) >= 11 is 5.89. The number of aromatic nitrogens is 1.